The summed E-state index contributed by atoms with van der Waals surface area (Å²) in [7, 11) is 0. The molecule has 0 bridgehead atoms. The van der Waals surface area contributed by atoms with Gasteiger partial charge in [-0.1, -0.05) is 17.7 Å². The summed E-state index contributed by atoms with van der Waals surface area (Å²) in [5.41, 5.74) is -0.241. The fourth-order valence-corrected chi connectivity index (χ4v) is 1.78. The van der Waals surface area contributed by atoms with Crippen LogP contribution in [-0.2, 0) is 0 Å². The second-order valence-corrected chi connectivity index (χ2v) is 4.18. The third-order valence-electron chi connectivity index (χ3n) is 2.46. The van der Waals surface area contributed by atoms with Gasteiger partial charge in [0.2, 0.25) is 5.75 Å². The monoisotopic (exact) mass is 293 g/mol. The van der Waals surface area contributed by atoms with E-state index in [9.17, 15) is 14.9 Å². The van der Waals surface area contributed by atoms with Crippen LogP contribution < -0.4 is 4.74 Å². The average Bonchev–Trinajstić information content (AvgIpc) is 2.39. The molecule has 20 heavy (non-hydrogen) atoms. The normalized spacial score (nSPS) is 10.1. The van der Waals surface area contributed by atoms with Gasteiger partial charge in [-0.25, -0.2) is 4.79 Å². The first-order valence-corrected chi connectivity index (χ1v) is 5.81. The van der Waals surface area contributed by atoms with Gasteiger partial charge in [-0.05, 0) is 36.4 Å². The highest BCUT2D eigenvalue weighted by atomic mass is 35.5. The van der Waals surface area contributed by atoms with E-state index in [2.05, 4.69) is 0 Å². The molecule has 7 heteroatoms. The molecule has 0 spiro atoms. The molecule has 2 aromatic rings. The largest absolute Gasteiger partial charge is 0.478 e. The number of nitro groups is 1. The van der Waals surface area contributed by atoms with Crippen LogP contribution in [0.1, 0.15) is 10.4 Å². The van der Waals surface area contributed by atoms with Gasteiger partial charge in [0.05, 0.1) is 10.5 Å². The summed E-state index contributed by atoms with van der Waals surface area (Å²) in [4.78, 5) is 21.0. The van der Waals surface area contributed by atoms with Crippen molar-refractivity contribution in [2.75, 3.05) is 0 Å². The Labute approximate surface area is 118 Å². The summed E-state index contributed by atoms with van der Waals surface area (Å²) >= 11 is 5.76. The molecule has 0 unspecified atom stereocenters. The first-order chi connectivity index (χ1) is 9.49. The minimum atomic E-state index is -1.06. The van der Waals surface area contributed by atoms with Gasteiger partial charge in [0.1, 0.15) is 10.8 Å². The highest BCUT2D eigenvalue weighted by Gasteiger charge is 2.20. The van der Waals surface area contributed by atoms with E-state index in [0.29, 0.717) is 0 Å². The van der Waals surface area contributed by atoms with Crippen LogP contribution in [0.25, 0.3) is 0 Å². The van der Waals surface area contributed by atoms with Crippen molar-refractivity contribution in [3.63, 3.8) is 0 Å². The second-order valence-electron chi connectivity index (χ2n) is 3.78. The summed E-state index contributed by atoms with van der Waals surface area (Å²) in [6, 6.07) is 9.83. The smallest absolute Gasteiger partial charge is 0.335 e. The standard InChI is InChI=1S/C13H8ClNO5/c14-10-2-1-3-11(12(10)15(18)19)20-9-6-4-8(5-7-9)13(16)17/h1-7H,(H,16,17). The van der Waals surface area contributed by atoms with Crippen molar-refractivity contribution in [2.45, 2.75) is 0 Å². The van der Waals surface area contributed by atoms with E-state index in [1.165, 1.54) is 42.5 Å². The van der Waals surface area contributed by atoms with Gasteiger partial charge in [0.25, 0.3) is 0 Å². The number of carboxylic acid groups (broad SMARTS) is 1. The molecule has 0 saturated heterocycles. The predicted molar refractivity (Wildman–Crippen MR) is 71.6 cm³/mol. The number of nitro benzene ring substituents is 1. The molecule has 0 aliphatic carbocycles. The molecular formula is C13H8ClNO5. The molecule has 0 aromatic heterocycles. The zero-order chi connectivity index (χ0) is 14.7. The molecule has 0 aliphatic heterocycles. The molecule has 0 atom stereocenters. The summed E-state index contributed by atoms with van der Waals surface area (Å²) in [6.45, 7) is 0. The van der Waals surface area contributed by atoms with Gasteiger partial charge in [0, 0.05) is 0 Å². The highest BCUT2D eigenvalue weighted by molar-refractivity contribution is 6.32. The Bertz CT molecular complexity index is 669. The quantitative estimate of drug-likeness (QED) is 0.685. The maximum atomic E-state index is 10.9. The van der Waals surface area contributed by atoms with Crippen molar-refractivity contribution >= 4 is 23.3 Å². The Morgan fingerprint density at radius 2 is 1.85 bits per heavy atom. The Morgan fingerprint density at radius 3 is 2.40 bits per heavy atom. The number of ether oxygens (including phenoxy) is 1. The molecule has 0 fully saturated rings. The Hall–Kier alpha value is -2.60. The van der Waals surface area contributed by atoms with Gasteiger partial charge in [0.15, 0.2) is 0 Å². The molecular weight excluding hydrogens is 286 g/mol. The molecule has 102 valence electrons. The summed E-state index contributed by atoms with van der Waals surface area (Å²) in [5.74, 6) is -0.795. The molecule has 2 rings (SSSR count). The van der Waals surface area contributed by atoms with Crippen molar-refractivity contribution in [2.24, 2.45) is 0 Å². The van der Waals surface area contributed by atoms with Gasteiger partial charge in [-0.3, -0.25) is 10.1 Å². The van der Waals surface area contributed by atoms with Crippen LogP contribution in [0.5, 0.6) is 11.5 Å². The number of carbonyl (C=O) groups is 1. The Kier molecular flexibility index (Phi) is 3.86. The maximum absolute atomic E-state index is 10.9. The number of aromatic carboxylic acids is 1. The highest BCUT2D eigenvalue weighted by Crippen LogP contribution is 2.36. The van der Waals surface area contributed by atoms with E-state index >= 15 is 0 Å². The van der Waals surface area contributed by atoms with E-state index in [1.54, 1.807) is 0 Å². The third-order valence-corrected chi connectivity index (χ3v) is 2.77. The number of halogens is 1. The number of para-hydroxylation sites is 1. The molecule has 2 aromatic carbocycles. The lowest BCUT2D eigenvalue weighted by Gasteiger charge is -2.07. The van der Waals surface area contributed by atoms with E-state index in [1.807, 2.05) is 0 Å². The van der Waals surface area contributed by atoms with E-state index in [4.69, 9.17) is 21.4 Å². The maximum Gasteiger partial charge on any atom is 0.335 e. The molecule has 0 aliphatic rings. The molecule has 6 nitrogen and oxygen atoms in total. The lowest BCUT2D eigenvalue weighted by molar-refractivity contribution is -0.385. The fourth-order valence-electron chi connectivity index (χ4n) is 1.55. The lowest BCUT2D eigenvalue weighted by Crippen LogP contribution is -1.96. The number of nitrogens with zero attached hydrogens (tertiary/aromatic N) is 1. The van der Waals surface area contributed by atoms with Crippen LogP contribution in [0.15, 0.2) is 42.5 Å². The van der Waals surface area contributed by atoms with Crippen LogP contribution >= 0.6 is 11.6 Å². The first-order valence-electron chi connectivity index (χ1n) is 5.43. The van der Waals surface area contributed by atoms with Crippen LogP contribution in [0.4, 0.5) is 5.69 Å². The van der Waals surface area contributed by atoms with E-state index in [-0.39, 0.29) is 27.8 Å². The number of rotatable bonds is 4. The number of benzene rings is 2. The molecule has 0 saturated carbocycles. The van der Waals surface area contributed by atoms with Crippen LogP contribution in [-0.4, -0.2) is 16.0 Å². The third kappa shape index (κ3) is 2.86. The summed E-state index contributed by atoms with van der Waals surface area (Å²) in [6.07, 6.45) is 0. The van der Waals surface area contributed by atoms with Crippen molar-refractivity contribution in [1.29, 1.82) is 0 Å². The fraction of sp³-hybridized carbons (Fsp3) is 0. The van der Waals surface area contributed by atoms with Gasteiger partial charge in [-0.2, -0.15) is 0 Å². The van der Waals surface area contributed by atoms with E-state index < -0.39 is 10.9 Å². The van der Waals surface area contributed by atoms with Crippen molar-refractivity contribution in [1.82, 2.24) is 0 Å². The van der Waals surface area contributed by atoms with Crippen molar-refractivity contribution < 1.29 is 19.6 Å². The number of hydrogen-bond acceptors (Lipinski definition) is 4. The topological polar surface area (TPSA) is 89.7 Å². The second kappa shape index (κ2) is 5.58. The molecule has 0 amide bonds. The van der Waals surface area contributed by atoms with E-state index in [0.717, 1.165) is 0 Å². The zero-order valence-corrected chi connectivity index (χ0v) is 10.7. The van der Waals surface area contributed by atoms with Crippen LogP contribution in [0.3, 0.4) is 0 Å². The zero-order valence-electron chi connectivity index (χ0n) is 9.95. The Balaban J connectivity index is 2.33. The lowest BCUT2D eigenvalue weighted by atomic mass is 10.2. The summed E-state index contributed by atoms with van der Waals surface area (Å²) in [5, 5.41) is 19.7. The minimum Gasteiger partial charge on any atom is -0.478 e. The summed E-state index contributed by atoms with van der Waals surface area (Å²) < 4.78 is 5.37. The molecule has 1 N–H and O–H groups in total. The molecule has 0 heterocycles. The van der Waals surface area contributed by atoms with Crippen molar-refractivity contribution in [3.8, 4) is 11.5 Å². The van der Waals surface area contributed by atoms with Gasteiger partial charge < -0.3 is 9.84 Å². The number of carboxylic acids is 1. The van der Waals surface area contributed by atoms with Crippen LogP contribution in [0.2, 0.25) is 5.02 Å². The minimum absolute atomic E-state index is 0.00873. The first kappa shape index (κ1) is 13.8. The van der Waals surface area contributed by atoms with Crippen molar-refractivity contribution in [3.05, 3.63) is 63.2 Å². The predicted octanol–water partition coefficient (Wildman–Crippen LogP) is 3.74. The van der Waals surface area contributed by atoms with Gasteiger partial charge in [-0.15, -0.1) is 0 Å². The number of hydrogen-bond donors (Lipinski definition) is 1. The Morgan fingerprint density at radius 1 is 1.20 bits per heavy atom. The van der Waals surface area contributed by atoms with Gasteiger partial charge >= 0.3 is 11.7 Å². The average molecular weight is 294 g/mol. The van der Waals surface area contributed by atoms with Crippen LogP contribution in [0, 0.1) is 10.1 Å². The molecule has 0 radical (unpaired) electrons. The SMILES string of the molecule is O=C(O)c1ccc(Oc2cccc(Cl)c2[N+](=O)[O-])cc1.